The maximum Gasteiger partial charge on any atom is 0.417 e. The van der Waals surface area contributed by atoms with Crippen LogP contribution < -0.4 is 5.73 Å². The van der Waals surface area contributed by atoms with E-state index in [1.54, 1.807) is 43.6 Å². The van der Waals surface area contributed by atoms with Crippen molar-refractivity contribution in [2.24, 2.45) is 5.10 Å². The van der Waals surface area contributed by atoms with Crippen molar-refractivity contribution in [1.29, 1.82) is 0 Å². The Morgan fingerprint density at radius 2 is 1.92 bits per heavy atom. The van der Waals surface area contributed by atoms with Gasteiger partial charge in [-0.25, -0.2) is 9.66 Å². The number of hydrogen-bond acceptors (Lipinski definition) is 4. The van der Waals surface area contributed by atoms with E-state index in [1.807, 2.05) is 0 Å². The molecule has 9 heteroatoms. The van der Waals surface area contributed by atoms with E-state index in [0.717, 1.165) is 23.5 Å². The molecule has 0 bridgehead atoms. The third kappa shape index (κ3) is 3.85. The van der Waals surface area contributed by atoms with Gasteiger partial charge in [0.25, 0.3) is 0 Å². The van der Waals surface area contributed by atoms with Gasteiger partial charge in [-0.1, -0.05) is 35.9 Å². The topological polar surface area (TPSA) is 69.1 Å². The van der Waals surface area contributed by atoms with E-state index in [4.69, 9.17) is 17.3 Å². The van der Waals surface area contributed by atoms with Crippen LogP contribution in [0.1, 0.15) is 16.8 Å². The molecule has 5 nitrogen and oxygen atoms in total. The molecule has 0 aliphatic carbocycles. The van der Waals surface area contributed by atoms with Crippen LogP contribution in [-0.2, 0) is 6.18 Å². The minimum absolute atomic E-state index is 0.0668. The van der Waals surface area contributed by atoms with Gasteiger partial charge in [0.15, 0.2) is 0 Å². The quantitative estimate of drug-likeness (QED) is 0.686. The van der Waals surface area contributed by atoms with Crippen molar-refractivity contribution in [3.05, 3.63) is 64.6 Å². The molecule has 2 heterocycles. The smallest absolute Gasteiger partial charge is 0.368 e. The fraction of sp³-hybridized carbons (Fsp3) is 0.118. The molecule has 0 atom stereocenters. The average Bonchev–Trinajstić information content (AvgIpc) is 2.90. The molecule has 2 N–H and O–H groups in total. The SMILES string of the molecule is Cc1cn(N=Cc2ccc(-c3ncc(C(F)(F)F)cc3Cl)cc2)c(N)n1. The molecule has 0 saturated carbocycles. The maximum absolute atomic E-state index is 12.7. The van der Waals surface area contributed by atoms with Gasteiger partial charge in [0, 0.05) is 11.8 Å². The summed E-state index contributed by atoms with van der Waals surface area (Å²) in [5.41, 5.74) is 7.20. The van der Waals surface area contributed by atoms with Crippen LogP contribution in [-0.4, -0.2) is 20.9 Å². The lowest BCUT2D eigenvalue weighted by atomic mass is 10.1. The van der Waals surface area contributed by atoms with Gasteiger partial charge < -0.3 is 5.73 Å². The zero-order valence-corrected chi connectivity index (χ0v) is 14.3. The van der Waals surface area contributed by atoms with Crippen LogP contribution in [0.4, 0.5) is 19.1 Å². The fourth-order valence-corrected chi connectivity index (χ4v) is 2.53. The summed E-state index contributed by atoms with van der Waals surface area (Å²) in [6.45, 7) is 1.80. The Morgan fingerprint density at radius 1 is 1.23 bits per heavy atom. The number of benzene rings is 1. The number of nitrogens with two attached hydrogens (primary N) is 1. The molecule has 3 aromatic rings. The molecular formula is C17H13ClF3N5. The first-order chi connectivity index (χ1) is 12.2. The second kappa shape index (κ2) is 6.80. The van der Waals surface area contributed by atoms with Crippen LogP contribution in [0.25, 0.3) is 11.3 Å². The lowest BCUT2D eigenvalue weighted by Gasteiger charge is -2.09. The third-order valence-electron chi connectivity index (χ3n) is 3.52. The highest BCUT2D eigenvalue weighted by Gasteiger charge is 2.31. The van der Waals surface area contributed by atoms with Crippen LogP contribution in [0.5, 0.6) is 0 Å². The van der Waals surface area contributed by atoms with E-state index < -0.39 is 11.7 Å². The van der Waals surface area contributed by atoms with Crippen molar-refractivity contribution in [2.75, 3.05) is 5.73 Å². The molecule has 0 radical (unpaired) electrons. The number of alkyl halides is 3. The Balaban J connectivity index is 1.83. The predicted molar refractivity (Wildman–Crippen MR) is 94.1 cm³/mol. The van der Waals surface area contributed by atoms with Gasteiger partial charge in [0.05, 0.1) is 34.4 Å². The van der Waals surface area contributed by atoms with Crippen molar-refractivity contribution in [3.63, 3.8) is 0 Å². The van der Waals surface area contributed by atoms with Gasteiger partial charge in [-0.15, -0.1) is 0 Å². The van der Waals surface area contributed by atoms with Crippen LogP contribution in [0, 0.1) is 6.92 Å². The van der Waals surface area contributed by atoms with Crippen LogP contribution in [0.3, 0.4) is 0 Å². The number of aryl methyl sites for hydroxylation is 1. The number of pyridine rings is 1. The zero-order chi connectivity index (χ0) is 18.9. The lowest BCUT2D eigenvalue weighted by Crippen LogP contribution is -2.05. The minimum Gasteiger partial charge on any atom is -0.368 e. The number of nitrogens with zero attached hydrogens (tertiary/aromatic N) is 4. The number of anilines is 1. The van der Waals surface area contributed by atoms with Crippen molar-refractivity contribution < 1.29 is 13.2 Å². The first kappa shape index (κ1) is 17.9. The number of aromatic nitrogens is 3. The molecule has 0 unspecified atom stereocenters. The van der Waals surface area contributed by atoms with Crippen LogP contribution in [0.2, 0.25) is 5.02 Å². The Labute approximate surface area is 152 Å². The highest BCUT2D eigenvalue weighted by atomic mass is 35.5. The molecule has 0 aliphatic heterocycles. The molecular weight excluding hydrogens is 367 g/mol. The molecule has 0 fully saturated rings. The van der Waals surface area contributed by atoms with Gasteiger partial charge >= 0.3 is 6.18 Å². The van der Waals surface area contributed by atoms with E-state index in [2.05, 4.69) is 15.1 Å². The summed E-state index contributed by atoms with van der Waals surface area (Å²) in [5.74, 6) is 0.274. The number of nitrogen functional groups attached to an aromatic ring is 1. The van der Waals surface area contributed by atoms with Gasteiger partial charge in [0.2, 0.25) is 5.95 Å². The summed E-state index contributed by atoms with van der Waals surface area (Å²) in [4.78, 5) is 7.87. The highest BCUT2D eigenvalue weighted by Crippen LogP contribution is 2.33. The Morgan fingerprint density at radius 3 is 2.46 bits per heavy atom. The van der Waals surface area contributed by atoms with Gasteiger partial charge in [0.1, 0.15) is 0 Å². The number of imidazole rings is 1. The van der Waals surface area contributed by atoms with E-state index in [-0.39, 0.29) is 16.7 Å². The van der Waals surface area contributed by atoms with Crippen molar-refractivity contribution >= 4 is 23.8 Å². The summed E-state index contributed by atoms with van der Waals surface area (Å²) >= 11 is 5.96. The van der Waals surface area contributed by atoms with E-state index in [1.165, 1.54) is 4.68 Å². The number of hydrogen-bond donors (Lipinski definition) is 1. The second-order valence-corrected chi connectivity index (χ2v) is 5.91. The largest absolute Gasteiger partial charge is 0.417 e. The molecule has 0 aliphatic rings. The Hall–Kier alpha value is -2.87. The molecule has 0 saturated heterocycles. The van der Waals surface area contributed by atoms with Crippen molar-refractivity contribution in [1.82, 2.24) is 14.6 Å². The fourth-order valence-electron chi connectivity index (χ4n) is 2.26. The molecule has 0 amide bonds. The monoisotopic (exact) mass is 379 g/mol. The number of halogens is 4. The second-order valence-electron chi connectivity index (χ2n) is 5.50. The van der Waals surface area contributed by atoms with Gasteiger partial charge in [-0.3, -0.25) is 4.98 Å². The Kier molecular flexibility index (Phi) is 4.69. The van der Waals surface area contributed by atoms with Gasteiger partial charge in [-0.2, -0.15) is 18.3 Å². The summed E-state index contributed by atoms with van der Waals surface area (Å²) in [6, 6.07) is 7.75. The molecule has 2 aromatic heterocycles. The van der Waals surface area contributed by atoms with E-state index in [0.29, 0.717) is 5.56 Å². The molecule has 134 valence electrons. The molecule has 1 aromatic carbocycles. The molecule has 0 spiro atoms. The van der Waals surface area contributed by atoms with Crippen molar-refractivity contribution in [2.45, 2.75) is 13.1 Å². The summed E-state index contributed by atoms with van der Waals surface area (Å²) < 4.78 is 39.5. The summed E-state index contributed by atoms with van der Waals surface area (Å²) in [6.07, 6.45) is -0.446. The van der Waals surface area contributed by atoms with E-state index in [9.17, 15) is 13.2 Å². The van der Waals surface area contributed by atoms with E-state index >= 15 is 0 Å². The standard InChI is InChI=1S/C17H13ClF3N5/c1-10-9-26(16(22)25-10)24-7-11-2-4-12(5-3-11)15-14(18)6-13(8-23-15)17(19,20)21/h2-9H,1H3,(H2,22,25). The number of rotatable bonds is 3. The molecule has 26 heavy (non-hydrogen) atoms. The zero-order valence-electron chi connectivity index (χ0n) is 13.5. The summed E-state index contributed by atoms with van der Waals surface area (Å²) in [5, 5.41) is 4.13. The normalized spacial score (nSPS) is 12.0. The third-order valence-corrected chi connectivity index (χ3v) is 3.81. The minimum atomic E-state index is -4.48. The van der Waals surface area contributed by atoms with Crippen LogP contribution in [0.15, 0.2) is 47.8 Å². The molecule has 3 rings (SSSR count). The predicted octanol–water partition coefficient (Wildman–Crippen LogP) is 4.39. The first-order valence-corrected chi connectivity index (χ1v) is 7.81. The van der Waals surface area contributed by atoms with Gasteiger partial charge in [-0.05, 0) is 18.6 Å². The van der Waals surface area contributed by atoms with Crippen LogP contribution >= 0.6 is 11.6 Å². The average molecular weight is 380 g/mol. The van der Waals surface area contributed by atoms with Crippen molar-refractivity contribution in [3.8, 4) is 11.3 Å². The highest BCUT2D eigenvalue weighted by molar-refractivity contribution is 6.33. The lowest BCUT2D eigenvalue weighted by molar-refractivity contribution is -0.137. The Bertz CT molecular complexity index is 962. The first-order valence-electron chi connectivity index (χ1n) is 7.43. The maximum atomic E-state index is 12.7. The summed E-state index contributed by atoms with van der Waals surface area (Å²) in [7, 11) is 0.